The third-order valence-corrected chi connectivity index (χ3v) is 5.33. The fraction of sp³-hybridized carbons (Fsp3) is 0.200. The topological polar surface area (TPSA) is 120 Å². The summed E-state index contributed by atoms with van der Waals surface area (Å²) in [4.78, 5) is 23.1. The van der Waals surface area contributed by atoms with Gasteiger partial charge in [0.1, 0.15) is 10.7 Å². The Kier molecular flexibility index (Phi) is 8.11. The average Bonchev–Trinajstić information content (AvgIpc) is 2.76. The standard InChI is InChI=1S/C20H21FN2O7S/c1-28-16-10-13(4-9-19(25)29-2)11-17(20(16)30-3)31(26,27)22-12-18(24)23-15-7-5-14(21)6-8-15/h4-11,22H,12H2,1-3H3,(H,23,24)/b9-4+. The van der Waals surface area contributed by atoms with Crippen LogP contribution in [0.2, 0.25) is 0 Å². The number of benzene rings is 2. The highest BCUT2D eigenvalue weighted by Crippen LogP contribution is 2.36. The fourth-order valence-corrected chi connectivity index (χ4v) is 3.65. The molecule has 0 aromatic heterocycles. The lowest BCUT2D eigenvalue weighted by Crippen LogP contribution is -2.33. The van der Waals surface area contributed by atoms with Crippen molar-refractivity contribution < 1.29 is 36.6 Å². The van der Waals surface area contributed by atoms with Crippen LogP contribution in [0.1, 0.15) is 5.56 Å². The summed E-state index contributed by atoms with van der Waals surface area (Å²) < 4.78 is 55.7. The van der Waals surface area contributed by atoms with Crippen LogP contribution in [0.15, 0.2) is 47.4 Å². The molecule has 0 aliphatic rings. The van der Waals surface area contributed by atoms with Gasteiger partial charge in [-0.25, -0.2) is 22.3 Å². The van der Waals surface area contributed by atoms with Gasteiger partial charge in [0.25, 0.3) is 0 Å². The number of nitrogens with one attached hydrogen (secondary N) is 2. The SMILES string of the molecule is COC(=O)/C=C/c1cc(OC)c(OC)c(S(=O)(=O)NCC(=O)Nc2ccc(F)cc2)c1. The Morgan fingerprint density at radius 3 is 2.32 bits per heavy atom. The molecule has 0 heterocycles. The first kappa shape index (κ1) is 23.8. The van der Waals surface area contributed by atoms with Crippen molar-refractivity contribution in [2.75, 3.05) is 33.2 Å². The molecular weight excluding hydrogens is 431 g/mol. The van der Waals surface area contributed by atoms with E-state index in [0.717, 1.165) is 18.2 Å². The van der Waals surface area contributed by atoms with Crippen molar-refractivity contribution in [2.24, 2.45) is 0 Å². The van der Waals surface area contributed by atoms with Crippen LogP contribution in [0.5, 0.6) is 11.5 Å². The van der Waals surface area contributed by atoms with Gasteiger partial charge in [0.05, 0.1) is 27.9 Å². The van der Waals surface area contributed by atoms with E-state index in [1.165, 1.54) is 51.7 Å². The van der Waals surface area contributed by atoms with Gasteiger partial charge in [0.2, 0.25) is 15.9 Å². The molecule has 0 unspecified atom stereocenters. The molecule has 166 valence electrons. The average molecular weight is 452 g/mol. The van der Waals surface area contributed by atoms with Gasteiger partial charge >= 0.3 is 5.97 Å². The zero-order chi connectivity index (χ0) is 23.0. The minimum absolute atomic E-state index is 0.0795. The lowest BCUT2D eigenvalue weighted by molar-refractivity contribution is -0.134. The second kappa shape index (κ2) is 10.5. The maximum Gasteiger partial charge on any atom is 0.330 e. The second-order valence-corrected chi connectivity index (χ2v) is 7.73. The van der Waals surface area contributed by atoms with Crippen LogP contribution in [0, 0.1) is 5.82 Å². The highest BCUT2D eigenvalue weighted by molar-refractivity contribution is 7.89. The van der Waals surface area contributed by atoms with E-state index in [2.05, 4.69) is 14.8 Å². The van der Waals surface area contributed by atoms with E-state index in [1.807, 2.05) is 0 Å². The molecule has 0 saturated heterocycles. The van der Waals surface area contributed by atoms with E-state index in [0.29, 0.717) is 11.3 Å². The van der Waals surface area contributed by atoms with Crippen molar-refractivity contribution in [3.8, 4) is 11.5 Å². The maximum atomic E-state index is 12.9. The minimum atomic E-state index is -4.22. The number of methoxy groups -OCH3 is 3. The number of carbonyl (C=O) groups excluding carboxylic acids is 2. The number of hydrogen-bond acceptors (Lipinski definition) is 7. The van der Waals surface area contributed by atoms with E-state index in [9.17, 15) is 22.4 Å². The first-order chi connectivity index (χ1) is 14.7. The number of halogens is 1. The van der Waals surface area contributed by atoms with E-state index < -0.39 is 34.3 Å². The number of anilines is 1. The van der Waals surface area contributed by atoms with Gasteiger partial charge < -0.3 is 19.5 Å². The Hall–Kier alpha value is -3.44. The van der Waals surface area contributed by atoms with Gasteiger partial charge in [-0.3, -0.25) is 4.79 Å². The lowest BCUT2D eigenvalue weighted by atomic mass is 10.2. The highest BCUT2D eigenvalue weighted by atomic mass is 32.2. The van der Waals surface area contributed by atoms with E-state index in [4.69, 9.17) is 9.47 Å². The molecule has 9 nitrogen and oxygen atoms in total. The molecule has 2 aromatic carbocycles. The molecule has 0 aliphatic carbocycles. The first-order valence-electron chi connectivity index (χ1n) is 8.77. The van der Waals surface area contributed by atoms with Gasteiger partial charge in [-0.15, -0.1) is 0 Å². The molecule has 2 aromatic rings. The molecule has 1 amide bonds. The third-order valence-electron chi connectivity index (χ3n) is 3.92. The number of sulfonamides is 1. The predicted octanol–water partition coefficient (Wildman–Crippen LogP) is 1.95. The molecule has 11 heteroatoms. The van der Waals surface area contributed by atoms with Crippen molar-refractivity contribution in [1.29, 1.82) is 0 Å². The van der Waals surface area contributed by atoms with E-state index >= 15 is 0 Å². The molecule has 0 bridgehead atoms. The minimum Gasteiger partial charge on any atom is -0.493 e. The molecule has 0 saturated carbocycles. The molecule has 0 atom stereocenters. The van der Waals surface area contributed by atoms with Crippen LogP contribution < -0.4 is 19.5 Å². The molecule has 0 aliphatic heterocycles. The van der Waals surface area contributed by atoms with E-state index in [1.54, 1.807) is 0 Å². The normalized spacial score (nSPS) is 11.2. The summed E-state index contributed by atoms with van der Waals surface area (Å²) in [5, 5.41) is 2.44. The molecular formula is C20H21FN2O7S. The first-order valence-corrected chi connectivity index (χ1v) is 10.3. The molecule has 0 fully saturated rings. The Morgan fingerprint density at radius 2 is 1.74 bits per heavy atom. The fourth-order valence-electron chi connectivity index (χ4n) is 2.45. The molecule has 0 spiro atoms. The van der Waals surface area contributed by atoms with E-state index in [-0.39, 0.29) is 16.4 Å². The Morgan fingerprint density at radius 1 is 1.06 bits per heavy atom. The molecule has 2 rings (SSSR count). The Labute approximate surface area is 178 Å². The van der Waals surface area contributed by atoms with Crippen LogP contribution >= 0.6 is 0 Å². The van der Waals surface area contributed by atoms with Crippen LogP contribution in [0.3, 0.4) is 0 Å². The summed E-state index contributed by atoms with van der Waals surface area (Å²) in [5.74, 6) is -1.74. The third kappa shape index (κ3) is 6.52. The Bertz CT molecular complexity index is 1080. The second-order valence-electron chi connectivity index (χ2n) is 5.99. The predicted molar refractivity (Wildman–Crippen MR) is 111 cm³/mol. The van der Waals surface area contributed by atoms with Crippen LogP contribution in [0.25, 0.3) is 6.08 Å². The number of ether oxygens (including phenoxy) is 3. The van der Waals surface area contributed by atoms with Gasteiger partial charge in [-0.1, -0.05) is 0 Å². The smallest absolute Gasteiger partial charge is 0.330 e. The number of amides is 1. The summed E-state index contributed by atoms with van der Waals surface area (Å²) in [6, 6.07) is 7.72. The largest absolute Gasteiger partial charge is 0.493 e. The highest BCUT2D eigenvalue weighted by Gasteiger charge is 2.24. The zero-order valence-corrected chi connectivity index (χ0v) is 17.8. The quantitative estimate of drug-likeness (QED) is 0.441. The monoisotopic (exact) mass is 452 g/mol. The summed E-state index contributed by atoms with van der Waals surface area (Å²) in [6.07, 6.45) is 2.45. The maximum absolute atomic E-state index is 12.9. The van der Waals surface area contributed by atoms with Crippen LogP contribution in [0.4, 0.5) is 10.1 Å². The Balaban J connectivity index is 2.26. The number of esters is 1. The molecule has 0 radical (unpaired) electrons. The van der Waals surface area contributed by atoms with Crippen molar-refractivity contribution in [3.63, 3.8) is 0 Å². The number of carbonyl (C=O) groups is 2. The number of hydrogen-bond donors (Lipinski definition) is 2. The van der Waals surface area contributed by atoms with Gasteiger partial charge in [-0.2, -0.15) is 0 Å². The van der Waals surface area contributed by atoms with Gasteiger partial charge in [-0.05, 0) is 48.0 Å². The van der Waals surface area contributed by atoms with Crippen molar-refractivity contribution in [3.05, 3.63) is 53.9 Å². The van der Waals surface area contributed by atoms with Crippen LogP contribution in [-0.4, -0.2) is 48.2 Å². The lowest BCUT2D eigenvalue weighted by Gasteiger charge is -2.15. The summed E-state index contributed by atoms with van der Waals surface area (Å²) in [6.45, 7) is -0.590. The van der Waals surface area contributed by atoms with Gasteiger partial charge in [0, 0.05) is 11.8 Å². The number of rotatable bonds is 9. The van der Waals surface area contributed by atoms with Crippen molar-refractivity contribution in [2.45, 2.75) is 4.90 Å². The van der Waals surface area contributed by atoms with Crippen LogP contribution in [-0.2, 0) is 24.3 Å². The summed E-state index contributed by atoms with van der Waals surface area (Å²) in [7, 11) is -0.425. The zero-order valence-electron chi connectivity index (χ0n) is 17.0. The van der Waals surface area contributed by atoms with Crippen molar-refractivity contribution in [1.82, 2.24) is 4.72 Å². The summed E-state index contributed by atoms with van der Waals surface area (Å²) >= 11 is 0. The van der Waals surface area contributed by atoms with Crippen molar-refractivity contribution >= 4 is 33.7 Å². The van der Waals surface area contributed by atoms with Gasteiger partial charge in [0.15, 0.2) is 11.5 Å². The molecule has 2 N–H and O–H groups in total. The molecule has 31 heavy (non-hydrogen) atoms. The summed E-state index contributed by atoms with van der Waals surface area (Å²) in [5.41, 5.74) is 0.624.